The van der Waals surface area contributed by atoms with Crippen molar-refractivity contribution in [1.29, 1.82) is 0 Å². The van der Waals surface area contributed by atoms with Crippen LogP contribution in [-0.4, -0.2) is 40.6 Å². The zero-order chi connectivity index (χ0) is 21.2. The highest BCUT2D eigenvalue weighted by atomic mass is 19.1. The molecule has 0 spiro atoms. The minimum Gasteiger partial charge on any atom is -0.478 e. The van der Waals surface area contributed by atoms with Crippen molar-refractivity contribution in [2.24, 2.45) is 0 Å². The molecule has 2 aromatic rings. The van der Waals surface area contributed by atoms with Crippen LogP contribution in [0.15, 0.2) is 48.5 Å². The summed E-state index contributed by atoms with van der Waals surface area (Å²) in [5, 5.41) is 9.14. The summed E-state index contributed by atoms with van der Waals surface area (Å²) < 4.78 is 32.4. The Morgan fingerprint density at radius 2 is 1.79 bits per heavy atom. The van der Waals surface area contributed by atoms with Crippen LogP contribution in [0.2, 0.25) is 0 Å². The van der Waals surface area contributed by atoms with Crippen molar-refractivity contribution in [2.45, 2.75) is 25.9 Å². The number of carbonyl (C=O) groups excluding carboxylic acids is 1. The molecule has 152 valence electrons. The maximum absolute atomic E-state index is 13.9. The smallest absolute Gasteiger partial charge is 0.347 e. The van der Waals surface area contributed by atoms with E-state index in [-0.39, 0.29) is 5.56 Å². The van der Waals surface area contributed by atoms with E-state index >= 15 is 0 Å². The minimum absolute atomic E-state index is 0.147. The van der Waals surface area contributed by atoms with E-state index < -0.39 is 29.1 Å². The number of halogens is 2. The molecule has 7 heteroatoms. The molecule has 1 aliphatic heterocycles. The summed E-state index contributed by atoms with van der Waals surface area (Å²) in [5.41, 5.74) is 0.483. The monoisotopic (exact) mass is 401 g/mol. The fourth-order valence-electron chi connectivity index (χ4n) is 3.02. The highest BCUT2D eigenvalue weighted by Gasteiger charge is 2.29. The van der Waals surface area contributed by atoms with Gasteiger partial charge in [-0.3, -0.25) is 4.79 Å². The Kier molecular flexibility index (Phi) is 5.68. The lowest BCUT2D eigenvalue weighted by Gasteiger charge is -2.27. The Morgan fingerprint density at radius 1 is 1.10 bits per heavy atom. The van der Waals surface area contributed by atoms with Crippen molar-refractivity contribution in [3.05, 3.63) is 71.3 Å². The first-order chi connectivity index (χ1) is 13.7. The molecule has 0 aromatic heterocycles. The van der Waals surface area contributed by atoms with Gasteiger partial charge >= 0.3 is 5.97 Å². The van der Waals surface area contributed by atoms with Crippen LogP contribution in [0.25, 0.3) is 5.57 Å². The topological polar surface area (TPSA) is 66.8 Å². The molecule has 0 radical (unpaired) electrons. The van der Waals surface area contributed by atoms with Crippen LogP contribution in [0.4, 0.5) is 8.78 Å². The van der Waals surface area contributed by atoms with E-state index in [1.165, 1.54) is 18.7 Å². The third-order valence-corrected chi connectivity index (χ3v) is 4.77. The highest BCUT2D eigenvalue weighted by Crippen LogP contribution is 2.27. The van der Waals surface area contributed by atoms with Gasteiger partial charge in [-0.05, 0) is 55.7 Å². The highest BCUT2D eigenvalue weighted by molar-refractivity contribution is 5.95. The lowest BCUT2D eigenvalue weighted by molar-refractivity contribution is -0.152. The zero-order valence-corrected chi connectivity index (χ0v) is 16.1. The molecule has 0 bridgehead atoms. The maximum Gasteiger partial charge on any atom is 0.347 e. The molecule has 3 rings (SSSR count). The molecule has 0 saturated heterocycles. The van der Waals surface area contributed by atoms with Crippen molar-refractivity contribution in [3.8, 4) is 5.75 Å². The first-order valence-corrected chi connectivity index (χ1v) is 9.13. The Balaban J connectivity index is 1.68. The third-order valence-electron chi connectivity index (χ3n) is 4.77. The molecule has 5 nitrogen and oxygen atoms in total. The lowest BCUT2D eigenvalue weighted by Crippen LogP contribution is -2.37. The van der Waals surface area contributed by atoms with E-state index in [0.717, 1.165) is 23.3 Å². The summed E-state index contributed by atoms with van der Waals surface area (Å²) in [6.07, 6.45) is 2.47. The molecular weight excluding hydrogens is 380 g/mol. The Hall–Kier alpha value is -3.22. The fraction of sp³-hybridized carbons (Fsp3) is 0.273. The van der Waals surface area contributed by atoms with Gasteiger partial charge in [0.2, 0.25) is 0 Å². The molecule has 0 aliphatic carbocycles. The molecule has 1 heterocycles. The normalized spacial score (nSPS) is 14.3. The molecule has 29 heavy (non-hydrogen) atoms. The summed E-state index contributed by atoms with van der Waals surface area (Å²) in [6, 6.07) is 9.99. The van der Waals surface area contributed by atoms with Crippen molar-refractivity contribution >= 4 is 17.4 Å². The minimum atomic E-state index is -1.33. The Labute approximate surface area is 167 Å². The van der Waals surface area contributed by atoms with Crippen LogP contribution in [-0.2, 0) is 4.79 Å². The molecule has 1 N–H and O–H groups in total. The number of rotatable bonds is 5. The lowest BCUT2D eigenvalue weighted by atomic mass is 9.99. The summed E-state index contributed by atoms with van der Waals surface area (Å²) in [7, 11) is 0. The van der Waals surface area contributed by atoms with Crippen molar-refractivity contribution in [3.63, 3.8) is 0 Å². The van der Waals surface area contributed by atoms with Gasteiger partial charge in [-0.2, -0.15) is 0 Å². The van der Waals surface area contributed by atoms with Crippen LogP contribution < -0.4 is 4.74 Å². The third kappa shape index (κ3) is 4.62. The van der Waals surface area contributed by atoms with E-state index in [0.29, 0.717) is 31.3 Å². The number of aliphatic carboxylic acids is 1. The van der Waals surface area contributed by atoms with Crippen LogP contribution in [0.1, 0.15) is 36.2 Å². The van der Waals surface area contributed by atoms with Gasteiger partial charge in [0.1, 0.15) is 17.4 Å². The number of hydrogen-bond acceptors (Lipinski definition) is 3. The Bertz CT molecular complexity index is 967. The number of benzene rings is 2. The predicted molar refractivity (Wildman–Crippen MR) is 104 cm³/mol. The zero-order valence-electron chi connectivity index (χ0n) is 16.1. The molecule has 0 saturated carbocycles. The average molecular weight is 401 g/mol. The first-order valence-electron chi connectivity index (χ1n) is 9.13. The number of nitrogens with zero attached hydrogens (tertiary/aromatic N) is 1. The summed E-state index contributed by atoms with van der Waals surface area (Å²) in [6.45, 7) is 3.67. The molecule has 0 unspecified atom stereocenters. The quantitative estimate of drug-likeness (QED) is 0.818. The van der Waals surface area contributed by atoms with Crippen LogP contribution in [0.5, 0.6) is 5.75 Å². The van der Waals surface area contributed by atoms with Gasteiger partial charge in [-0.25, -0.2) is 13.6 Å². The summed E-state index contributed by atoms with van der Waals surface area (Å²) in [5.74, 6) is -2.68. The van der Waals surface area contributed by atoms with Crippen molar-refractivity contribution in [2.75, 3.05) is 13.1 Å². The molecular formula is C22H21F2NO4. The fourth-order valence-corrected chi connectivity index (χ4v) is 3.02. The van der Waals surface area contributed by atoms with Crippen LogP contribution in [0, 0.1) is 11.6 Å². The largest absolute Gasteiger partial charge is 0.478 e. The average Bonchev–Trinajstić information content (AvgIpc) is 2.68. The SMILES string of the molecule is CC(C)(Oc1ccc(C2=CCN(C(=O)c3ccc(F)cc3F)CC2)cc1)C(=O)O. The number of ether oxygens (including phenoxy) is 1. The Morgan fingerprint density at radius 3 is 2.34 bits per heavy atom. The molecule has 0 fully saturated rings. The first kappa shape index (κ1) is 20.5. The molecule has 1 amide bonds. The van der Waals surface area contributed by atoms with Gasteiger partial charge in [0, 0.05) is 19.2 Å². The number of carboxylic acids is 1. The number of hydrogen-bond donors (Lipinski definition) is 1. The van der Waals surface area contributed by atoms with Gasteiger partial charge in [0.05, 0.1) is 5.56 Å². The summed E-state index contributed by atoms with van der Waals surface area (Å²) >= 11 is 0. The molecule has 1 aliphatic rings. The van der Waals surface area contributed by atoms with Gasteiger partial charge in [0.25, 0.3) is 5.91 Å². The second-order valence-electron chi connectivity index (χ2n) is 7.30. The second-order valence-corrected chi connectivity index (χ2v) is 7.30. The van der Waals surface area contributed by atoms with Crippen molar-refractivity contribution in [1.82, 2.24) is 4.90 Å². The molecule has 0 atom stereocenters. The second kappa shape index (κ2) is 8.03. The summed E-state index contributed by atoms with van der Waals surface area (Å²) in [4.78, 5) is 25.1. The van der Waals surface area contributed by atoms with E-state index in [9.17, 15) is 18.4 Å². The van der Waals surface area contributed by atoms with E-state index in [1.54, 1.807) is 12.1 Å². The van der Waals surface area contributed by atoms with Crippen molar-refractivity contribution < 1.29 is 28.2 Å². The van der Waals surface area contributed by atoms with Crippen LogP contribution >= 0.6 is 0 Å². The maximum atomic E-state index is 13.9. The standard InChI is InChI=1S/C22H21F2NO4/c1-22(2,21(27)28)29-17-6-3-14(4-7-17)15-9-11-25(12-10-15)20(26)18-8-5-16(23)13-19(18)24/h3-9,13H,10-12H2,1-2H3,(H,27,28). The van der Waals surface area contributed by atoms with E-state index in [1.807, 2.05) is 18.2 Å². The van der Waals surface area contributed by atoms with Gasteiger partial charge in [-0.15, -0.1) is 0 Å². The molecule has 2 aromatic carbocycles. The predicted octanol–water partition coefficient (Wildman–Crippen LogP) is 4.14. The van der Waals surface area contributed by atoms with E-state index in [2.05, 4.69) is 0 Å². The van der Waals surface area contributed by atoms with Crippen LogP contribution in [0.3, 0.4) is 0 Å². The van der Waals surface area contributed by atoms with Gasteiger partial charge < -0.3 is 14.7 Å². The van der Waals surface area contributed by atoms with Gasteiger partial charge in [-0.1, -0.05) is 18.2 Å². The number of carboxylic acid groups (broad SMARTS) is 1. The van der Waals surface area contributed by atoms with E-state index in [4.69, 9.17) is 9.84 Å². The van der Waals surface area contributed by atoms with Gasteiger partial charge in [0.15, 0.2) is 5.60 Å². The number of carbonyl (C=O) groups is 2. The number of amides is 1.